The second-order valence-corrected chi connectivity index (χ2v) is 8.63. The van der Waals surface area contributed by atoms with Crippen LogP contribution in [0.5, 0.6) is 17.4 Å². The summed E-state index contributed by atoms with van der Waals surface area (Å²) in [4.78, 5) is 2.10. The van der Waals surface area contributed by atoms with Gasteiger partial charge in [0.25, 0.3) is 0 Å². The summed E-state index contributed by atoms with van der Waals surface area (Å²) in [5.41, 5.74) is 2.67. The number of hydrogen-bond acceptors (Lipinski definition) is 7. The molecule has 8 heteroatoms. The molecule has 0 fully saturated rings. The van der Waals surface area contributed by atoms with Crippen LogP contribution in [0.15, 0.2) is 90.1 Å². The van der Waals surface area contributed by atoms with Gasteiger partial charge in [0.15, 0.2) is 0 Å². The lowest BCUT2D eigenvalue weighted by Crippen LogP contribution is -2.34. The third-order valence-corrected chi connectivity index (χ3v) is 5.75. The molecule has 0 saturated heterocycles. The first kappa shape index (κ1) is 26.2. The van der Waals surface area contributed by atoms with E-state index in [4.69, 9.17) is 23.7 Å². The highest BCUT2D eigenvalue weighted by molar-refractivity contribution is 5.65. The molecular formula is C29H33N3O5. The van der Waals surface area contributed by atoms with E-state index >= 15 is 0 Å². The second-order valence-electron chi connectivity index (χ2n) is 8.63. The number of benzene rings is 2. The molecule has 0 aliphatic heterocycles. The molecule has 0 spiro atoms. The number of aromatic nitrogens is 2. The minimum absolute atomic E-state index is 0.201. The zero-order valence-corrected chi connectivity index (χ0v) is 21.2. The first-order chi connectivity index (χ1) is 18.1. The molecule has 0 aliphatic rings. The highest BCUT2D eigenvalue weighted by Crippen LogP contribution is 2.35. The van der Waals surface area contributed by atoms with E-state index in [0.717, 1.165) is 22.6 Å². The molecule has 4 rings (SSSR count). The van der Waals surface area contributed by atoms with E-state index in [1.165, 1.54) is 0 Å². The van der Waals surface area contributed by atoms with Gasteiger partial charge in [0.1, 0.15) is 23.0 Å². The van der Waals surface area contributed by atoms with Crippen LogP contribution in [0.2, 0.25) is 0 Å². The van der Waals surface area contributed by atoms with Crippen molar-refractivity contribution in [2.24, 2.45) is 7.05 Å². The highest BCUT2D eigenvalue weighted by atomic mass is 16.5. The van der Waals surface area contributed by atoms with Crippen LogP contribution >= 0.6 is 0 Å². The maximum Gasteiger partial charge on any atom is 0.222 e. The van der Waals surface area contributed by atoms with Crippen LogP contribution < -0.4 is 9.47 Å². The molecule has 0 radical (unpaired) electrons. The highest BCUT2D eigenvalue weighted by Gasteiger charge is 2.24. The summed E-state index contributed by atoms with van der Waals surface area (Å²) in [5.74, 6) is 2.74. The van der Waals surface area contributed by atoms with Crippen LogP contribution in [0.3, 0.4) is 0 Å². The molecule has 1 atom stereocenters. The Kier molecular flexibility index (Phi) is 9.15. The number of methoxy groups -OCH3 is 1. The van der Waals surface area contributed by atoms with Crippen LogP contribution in [0.25, 0.3) is 11.3 Å². The largest absolute Gasteiger partial charge is 0.497 e. The Hall–Kier alpha value is -3.85. The number of nitrogens with zero attached hydrogens (tertiary/aromatic N) is 3. The number of aryl methyl sites for hydroxylation is 1. The van der Waals surface area contributed by atoms with Gasteiger partial charge in [-0.05, 0) is 24.3 Å². The molecule has 2 aromatic carbocycles. The Bertz CT molecular complexity index is 1250. The number of aliphatic hydroxyl groups excluding tert-OH is 1. The molecule has 194 valence electrons. The Labute approximate surface area is 217 Å². The quantitative estimate of drug-likeness (QED) is 0.191. The summed E-state index contributed by atoms with van der Waals surface area (Å²) in [5, 5.41) is 15.5. The van der Waals surface area contributed by atoms with Gasteiger partial charge in [-0.1, -0.05) is 42.5 Å². The van der Waals surface area contributed by atoms with Gasteiger partial charge in [-0.3, -0.25) is 4.90 Å². The molecule has 0 amide bonds. The fourth-order valence-corrected chi connectivity index (χ4v) is 4.10. The normalized spacial score (nSPS) is 12.0. The Balaban J connectivity index is 1.68. The first-order valence-corrected chi connectivity index (χ1v) is 12.1. The van der Waals surface area contributed by atoms with Crippen molar-refractivity contribution in [3.8, 4) is 28.6 Å². The van der Waals surface area contributed by atoms with Crippen molar-refractivity contribution in [2.45, 2.75) is 19.2 Å². The van der Waals surface area contributed by atoms with Crippen LogP contribution in [0.1, 0.15) is 11.3 Å². The van der Waals surface area contributed by atoms with Gasteiger partial charge < -0.3 is 23.7 Å². The monoisotopic (exact) mass is 503 g/mol. The van der Waals surface area contributed by atoms with Crippen molar-refractivity contribution in [2.75, 3.05) is 26.9 Å². The van der Waals surface area contributed by atoms with Gasteiger partial charge in [0, 0.05) is 31.8 Å². The summed E-state index contributed by atoms with van der Waals surface area (Å²) < 4.78 is 24.6. The van der Waals surface area contributed by atoms with E-state index < -0.39 is 6.10 Å². The number of furan rings is 1. The van der Waals surface area contributed by atoms with Crippen molar-refractivity contribution in [3.63, 3.8) is 0 Å². The SMILES string of the molecule is C=CCOC[C@H](O)CN(Cc1ccco1)Cc1c(-c2ccccc2)nn(C)c1Oc1cccc(OC)c1. The van der Waals surface area contributed by atoms with E-state index in [9.17, 15) is 5.11 Å². The molecule has 8 nitrogen and oxygen atoms in total. The van der Waals surface area contributed by atoms with Crippen molar-refractivity contribution >= 4 is 0 Å². The standard InChI is InChI=1S/C29H33N3O5/c1-4-15-35-21-23(33)18-32(19-26-14-9-16-36-26)20-27-28(22-10-6-5-7-11-22)30-31(2)29(27)37-25-13-8-12-24(17-25)34-3/h4-14,16-17,23,33H,1,15,18-21H2,2-3H3/t23-/m1/s1. The Morgan fingerprint density at radius 1 is 1.08 bits per heavy atom. The molecule has 4 aromatic rings. The fourth-order valence-electron chi connectivity index (χ4n) is 4.10. The summed E-state index contributed by atoms with van der Waals surface area (Å²) >= 11 is 0. The van der Waals surface area contributed by atoms with Crippen LogP contribution in [0.4, 0.5) is 0 Å². The van der Waals surface area contributed by atoms with Crippen molar-refractivity contribution in [1.82, 2.24) is 14.7 Å². The molecule has 0 bridgehead atoms. The van der Waals surface area contributed by atoms with E-state index in [2.05, 4.69) is 11.5 Å². The van der Waals surface area contributed by atoms with E-state index in [1.807, 2.05) is 73.8 Å². The smallest absolute Gasteiger partial charge is 0.222 e. The molecule has 2 heterocycles. The fraction of sp³-hybridized carbons (Fsp3) is 0.276. The minimum Gasteiger partial charge on any atom is -0.497 e. The molecule has 0 saturated carbocycles. The van der Waals surface area contributed by atoms with E-state index in [1.54, 1.807) is 24.1 Å². The van der Waals surface area contributed by atoms with Gasteiger partial charge in [0.2, 0.25) is 5.88 Å². The number of aliphatic hydroxyl groups is 1. The molecule has 2 aromatic heterocycles. The summed E-state index contributed by atoms with van der Waals surface area (Å²) in [6, 6.07) is 21.2. The van der Waals surface area contributed by atoms with Crippen molar-refractivity contribution in [3.05, 3.63) is 97.0 Å². The molecular weight excluding hydrogens is 470 g/mol. The zero-order valence-electron chi connectivity index (χ0n) is 21.2. The predicted molar refractivity (Wildman–Crippen MR) is 142 cm³/mol. The second kappa shape index (κ2) is 12.9. The van der Waals surface area contributed by atoms with Gasteiger partial charge in [0.05, 0.1) is 44.8 Å². The lowest BCUT2D eigenvalue weighted by atomic mass is 10.1. The summed E-state index contributed by atoms with van der Waals surface area (Å²) in [7, 11) is 3.49. The van der Waals surface area contributed by atoms with E-state index in [-0.39, 0.29) is 6.61 Å². The first-order valence-electron chi connectivity index (χ1n) is 12.1. The van der Waals surface area contributed by atoms with Crippen LogP contribution in [-0.4, -0.2) is 52.8 Å². The van der Waals surface area contributed by atoms with E-state index in [0.29, 0.717) is 43.6 Å². The lowest BCUT2D eigenvalue weighted by Gasteiger charge is -2.25. The number of hydrogen-bond donors (Lipinski definition) is 1. The van der Waals surface area contributed by atoms with Crippen LogP contribution in [0, 0.1) is 0 Å². The third kappa shape index (κ3) is 7.10. The topological polar surface area (TPSA) is 82.1 Å². The molecule has 1 N–H and O–H groups in total. The molecule has 0 aliphatic carbocycles. The minimum atomic E-state index is -0.700. The van der Waals surface area contributed by atoms with Crippen molar-refractivity contribution < 1.29 is 23.7 Å². The average molecular weight is 504 g/mol. The summed E-state index contributed by atoms with van der Waals surface area (Å²) in [6.45, 7) is 5.55. The number of rotatable bonds is 14. The zero-order chi connectivity index (χ0) is 26.0. The third-order valence-electron chi connectivity index (χ3n) is 5.75. The van der Waals surface area contributed by atoms with Gasteiger partial charge >= 0.3 is 0 Å². The average Bonchev–Trinajstić information content (AvgIpc) is 3.53. The van der Waals surface area contributed by atoms with Gasteiger partial charge in [-0.15, -0.1) is 6.58 Å². The summed E-state index contributed by atoms with van der Waals surface area (Å²) in [6.07, 6.45) is 2.61. The van der Waals surface area contributed by atoms with Gasteiger partial charge in [-0.2, -0.15) is 5.10 Å². The lowest BCUT2D eigenvalue weighted by molar-refractivity contribution is 0.0215. The van der Waals surface area contributed by atoms with Crippen LogP contribution in [-0.2, 0) is 24.9 Å². The Morgan fingerprint density at radius 3 is 2.62 bits per heavy atom. The molecule has 0 unspecified atom stereocenters. The number of ether oxygens (including phenoxy) is 3. The van der Waals surface area contributed by atoms with Crippen molar-refractivity contribution in [1.29, 1.82) is 0 Å². The maximum absolute atomic E-state index is 10.7. The van der Waals surface area contributed by atoms with Gasteiger partial charge in [-0.25, -0.2) is 4.68 Å². The maximum atomic E-state index is 10.7. The molecule has 37 heavy (non-hydrogen) atoms. The Morgan fingerprint density at radius 2 is 1.89 bits per heavy atom. The predicted octanol–water partition coefficient (Wildman–Crippen LogP) is 5.05.